The van der Waals surface area contributed by atoms with E-state index in [1.807, 2.05) is 24.3 Å². The Bertz CT molecular complexity index is 1830. The molecule has 3 heterocycles. The van der Waals surface area contributed by atoms with Gasteiger partial charge in [0.2, 0.25) is 11.8 Å². The number of fused-ring (bicyclic) bond motifs is 1. The number of carbonyl (C=O) groups excluding carboxylic acids is 1. The normalized spacial score (nSPS) is 13.2. The van der Waals surface area contributed by atoms with Crippen LogP contribution in [0, 0.1) is 0 Å². The number of ether oxygens (including phenoxy) is 1. The first-order valence-electron chi connectivity index (χ1n) is 13.6. The molecule has 1 fully saturated rings. The molecule has 11 nitrogen and oxygen atoms in total. The van der Waals surface area contributed by atoms with Gasteiger partial charge < -0.3 is 15.4 Å². The molecule has 1 saturated carbocycles. The number of aromatic nitrogens is 5. The Labute approximate surface area is 242 Å². The van der Waals surface area contributed by atoms with Crippen LogP contribution in [0.25, 0.3) is 22.5 Å². The molecule has 1 aliphatic carbocycles. The van der Waals surface area contributed by atoms with Crippen LogP contribution in [-0.2, 0) is 4.79 Å². The maximum Gasteiger partial charge on any atom is 0.339 e. The first-order chi connectivity index (χ1) is 20.4. The van der Waals surface area contributed by atoms with Crippen LogP contribution in [0.5, 0.6) is 11.6 Å². The summed E-state index contributed by atoms with van der Waals surface area (Å²) < 4.78 is 8.73. The second-order valence-electron chi connectivity index (χ2n) is 10.1. The molecule has 3 aromatic heterocycles. The Morgan fingerprint density at radius 3 is 2.55 bits per heavy atom. The van der Waals surface area contributed by atoms with E-state index in [0.29, 0.717) is 45.9 Å². The Kier molecular flexibility index (Phi) is 7.24. The number of rotatable bonds is 9. The van der Waals surface area contributed by atoms with Gasteiger partial charge in [-0.2, -0.15) is 0 Å². The van der Waals surface area contributed by atoms with Gasteiger partial charge in [-0.1, -0.05) is 18.2 Å². The molecule has 0 atom stereocenters. The van der Waals surface area contributed by atoms with Gasteiger partial charge >= 0.3 is 5.69 Å². The number of imidazole rings is 1. The van der Waals surface area contributed by atoms with E-state index in [1.165, 1.54) is 28.3 Å². The highest BCUT2D eigenvalue weighted by Gasteiger charge is 2.25. The molecule has 212 valence electrons. The molecular formula is C31H30N8O3. The average molecular weight is 563 g/mol. The van der Waals surface area contributed by atoms with E-state index in [1.54, 1.807) is 72.8 Å². The quantitative estimate of drug-likeness (QED) is 0.268. The maximum atomic E-state index is 14.0. The number of benzene rings is 2. The highest BCUT2D eigenvalue weighted by molar-refractivity contribution is 6.01. The number of nitrogens with two attached hydrogens (primary N) is 1. The number of amides is 1. The van der Waals surface area contributed by atoms with Crippen LogP contribution in [0.15, 0.2) is 96.2 Å². The van der Waals surface area contributed by atoms with Gasteiger partial charge in [0.1, 0.15) is 17.6 Å². The standard InChI is InChI=1S/C31H30N8O3/c1-36(21-11-12-21)18-6-10-27(40)37(2)23-7-5-8-24(19-23)39-30-28(29(32)34-20-35-30)38(31(39)41)22-13-15-25(16-14-22)42-26-9-3-4-17-33-26/h3-10,13-17,19-21H,11-12,18H2,1-2H3,(H2,32,34,35)/b10-6+. The molecule has 2 N–H and O–H groups in total. The number of carbonyl (C=O) groups is 1. The molecule has 6 rings (SSSR count). The topological polar surface area (TPSA) is 124 Å². The van der Waals surface area contributed by atoms with E-state index in [2.05, 4.69) is 26.9 Å². The van der Waals surface area contributed by atoms with E-state index in [0.717, 1.165) is 6.54 Å². The number of hydrogen-bond acceptors (Lipinski definition) is 8. The summed E-state index contributed by atoms with van der Waals surface area (Å²) in [6, 6.07) is 20.2. The SMILES string of the molecule is CN(C(=O)/C=C/CN(C)C1CC1)c1cccc(-n2c(=O)n(-c3ccc(Oc4ccccn4)cc3)c3c(N)ncnc32)c1. The summed E-state index contributed by atoms with van der Waals surface area (Å²) in [5.41, 5.74) is 8.33. The molecule has 0 spiro atoms. The number of hydrogen-bond donors (Lipinski definition) is 1. The number of nitrogens with zero attached hydrogens (tertiary/aromatic N) is 7. The third kappa shape index (κ3) is 5.37. The smallest absolute Gasteiger partial charge is 0.339 e. The highest BCUT2D eigenvalue weighted by Crippen LogP contribution is 2.27. The predicted octanol–water partition coefficient (Wildman–Crippen LogP) is 3.95. The van der Waals surface area contributed by atoms with Gasteiger partial charge in [0.15, 0.2) is 11.5 Å². The minimum Gasteiger partial charge on any atom is -0.439 e. The van der Waals surface area contributed by atoms with E-state index < -0.39 is 0 Å². The molecule has 0 aliphatic heterocycles. The van der Waals surface area contributed by atoms with Crippen LogP contribution in [0.4, 0.5) is 11.5 Å². The molecule has 1 amide bonds. The number of nitrogen functional groups attached to an aromatic ring is 1. The minimum absolute atomic E-state index is 0.161. The molecule has 0 bridgehead atoms. The lowest BCUT2D eigenvalue weighted by Crippen LogP contribution is -2.26. The summed E-state index contributed by atoms with van der Waals surface area (Å²) in [5.74, 6) is 1.02. The summed E-state index contributed by atoms with van der Waals surface area (Å²) in [7, 11) is 3.77. The summed E-state index contributed by atoms with van der Waals surface area (Å²) >= 11 is 0. The lowest BCUT2D eigenvalue weighted by Gasteiger charge is -2.17. The van der Waals surface area contributed by atoms with Gasteiger partial charge in [-0.25, -0.2) is 24.3 Å². The Morgan fingerprint density at radius 1 is 1.00 bits per heavy atom. The molecule has 0 saturated heterocycles. The van der Waals surface area contributed by atoms with Crippen molar-refractivity contribution in [1.82, 2.24) is 29.0 Å². The molecule has 2 aromatic carbocycles. The summed E-state index contributed by atoms with van der Waals surface area (Å²) in [6.07, 6.45) is 8.86. The highest BCUT2D eigenvalue weighted by atomic mass is 16.5. The Hall–Kier alpha value is -5.29. The fourth-order valence-corrected chi connectivity index (χ4v) is 4.77. The summed E-state index contributed by atoms with van der Waals surface area (Å²) in [4.78, 5) is 43.4. The molecular weight excluding hydrogens is 532 g/mol. The zero-order valence-corrected chi connectivity index (χ0v) is 23.3. The first kappa shape index (κ1) is 26.9. The predicted molar refractivity (Wildman–Crippen MR) is 161 cm³/mol. The average Bonchev–Trinajstić information content (AvgIpc) is 3.81. The van der Waals surface area contributed by atoms with E-state index in [4.69, 9.17) is 10.5 Å². The van der Waals surface area contributed by atoms with Crippen LogP contribution in [0.3, 0.4) is 0 Å². The summed E-state index contributed by atoms with van der Waals surface area (Å²) in [6.45, 7) is 0.719. The van der Waals surface area contributed by atoms with Crippen LogP contribution in [0.1, 0.15) is 12.8 Å². The molecule has 5 aromatic rings. The number of pyridine rings is 1. The van der Waals surface area contributed by atoms with Gasteiger partial charge in [-0.3, -0.25) is 14.3 Å². The Morgan fingerprint density at radius 2 is 1.81 bits per heavy atom. The van der Waals surface area contributed by atoms with Gasteiger partial charge in [0.05, 0.1) is 11.4 Å². The maximum absolute atomic E-state index is 14.0. The number of anilines is 2. The fraction of sp³-hybridized carbons (Fsp3) is 0.194. The lowest BCUT2D eigenvalue weighted by atomic mass is 10.2. The van der Waals surface area contributed by atoms with Gasteiger partial charge in [0, 0.05) is 43.7 Å². The Balaban J connectivity index is 1.33. The fourth-order valence-electron chi connectivity index (χ4n) is 4.77. The van der Waals surface area contributed by atoms with Crippen molar-refractivity contribution in [3.63, 3.8) is 0 Å². The van der Waals surface area contributed by atoms with Crippen molar-refractivity contribution in [3.8, 4) is 23.0 Å². The van der Waals surface area contributed by atoms with Crippen molar-refractivity contribution < 1.29 is 9.53 Å². The third-order valence-corrected chi connectivity index (χ3v) is 7.23. The van der Waals surface area contributed by atoms with Crippen LogP contribution in [-0.4, -0.2) is 61.6 Å². The van der Waals surface area contributed by atoms with Gasteiger partial charge in [0.25, 0.3) is 0 Å². The lowest BCUT2D eigenvalue weighted by molar-refractivity contribution is -0.113. The zero-order chi connectivity index (χ0) is 29.2. The van der Waals surface area contributed by atoms with Crippen molar-refractivity contribution in [2.24, 2.45) is 0 Å². The van der Waals surface area contributed by atoms with Crippen molar-refractivity contribution in [2.75, 3.05) is 31.3 Å². The molecule has 0 radical (unpaired) electrons. The second-order valence-corrected chi connectivity index (χ2v) is 10.1. The van der Waals surface area contributed by atoms with Gasteiger partial charge in [-0.15, -0.1) is 0 Å². The van der Waals surface area contributed by atoms with Crippen molar-refractivity contribution >= 4 is 28.6 Å². The summed E-state index contributed by atoms with van der Waals surface area (Å²) in [5, 5.41) is 0. The molecule has 1 aliphatic rings. The van der Waals surface area contributed by atoms with Crippen LogP contribution < -0.4 is 21.1 Å². The van der Waals surface area contributed by atoms with E-state index >= 15 is 0 Å². The monoisotopic (exact) mass is 562 g/mol. The van der Waals surface area contributed by atoms with E-state index in [-0.39, 0.29) is 17.4 Å². The van der Waals surface area contributed by atoms with Crippen molar-refractivity contribution in [3.05, 3.63) is 102 Å². The third-order valence-electron chi connectivity index (χ3n) is 7.23. The van der Waals surface area contributed by atoms with Crippen LogP contribution >= 0.6 is 0 Å². The molecule has 0 unspecified atom stereocenters. The van der Waals surface area contributed by atoms with Crippen molar-refractivity contribution in [2.45, 2.75) is 18.9 Å². The molecule has 42 heavy (non-hydrogen) atoms. The van der Waals surface area contributed by atoms with E-state index in [9.17, 15) is 9.59 Å². The minimum atomic E-state index is -0.385. The van der Waals surface area contributed by atoms with Gasteiger partial charge in [-0.05, 0) is 68.4 Å². The first-order valence-corrected chi connectivity index (χ1v) is 13.6. The second kappa shape index (κ2) is 11.3. The molecule has 11 heteroatoms. The number of likely N-dealkylation sites (N-methyl/N-ethyl adjacent to an activating group) is 2. The zero-order valence-electron chi connectivity index (χ0n) is 23.3. The largest absolute Gasteiger partial charge is 0.439 e. The van der Waals surface area contributed by atoms with Crippen molar-refractivity contribution in [1.29, 1.82) is 0 Å². The van der Waals surface area contributed by atoms with Crippen LogP contribution in [0.2, 0.25) is 0 Å².